The summed E-state index contributed by atoms with van der Waals surface area (Å²) in [5.74, 6) is 0. The van der Waals surface area contributed by atoms with Gasteiger partial charge in [-0.15, -0.1) is 16.4 Å². The number of hydrogen-bond donors (Lipinski definition) is 1. The van der Waals surface area contributed by atoms with E-state index in [1.54, 1.807) is 39.7 Å². The Labute approximate surface area is 123 Å². The van der Waals surface area contributed by atoms with Crippen LogP contribution in [-0.2, 0) is 16.6 Å². The van der Waals surface area contributed by atoms with Gasteiger partial charge in [-0.3, -0.25) is 0 Å². The topological polar surface area (TPSA) is 76.9 Å². The maximum atomic E-state index is 11.9. The first-order valence-corrected chi connectivity index (χ1v) is 8.93. The molecule has 0 bridgehead atoms. The average Bonchev–Trinajstić information content (AvgIpc) is 3.16. The van der Waals surface area contributed by atoms with Crippen molar-refractivity contribution in [3.63, 3.8) is 0 Å². The van der Waals surface area contributed by atoms with Crippen LogP contribution in [-0.4, -0.2) is 23.4 Å². The smallest absolute Gasteiger partial charge is 0.220 e. The number of rotatable bonds is 5. The first-order valence-electron chi connectivity index (χ1n) is 5.62. The molecule has 3 aromatic rings. The van der Waals surface area contributed by atoms with Gasteiger partial charge < -0.3 is 0 Å². The minimum atomic E-state index is -3.47. The summed E-state index contributed by atoms with van der Waals surface area (Å²) in [5, 5.41) is 13.5. The molecule has 0 amide bonds. The van der Waals surface area contributed by atoms with Crippen LogP contribution in [0.25, 0.3) is 5.69 Å². The molecule has 0 aliphatic carbocycles. The monoisotopic (exact) mass is 326 g/mol. The van der Waals surface area contributed by atoms with Crippen molar-refractivity contribution in [1.29, 1.82) is 0 Å². The Morgan fingerprint density at radius 3 is 2.90 bits per heavy atom. The molecule has 3 aromatic heterocycles. The lowest BCUT2D eigenvalue weighted by Crippen LogP contribution is -2.22. The third-order valence-electron chi connectivity index (χ3n) is 2.51. The normalized spacial score (nSPS) is 11.8. The van der Waals surface area contributed by atoms with E-state index in [2.05, 4.69) is 15.0 Å². The molecule has 3 rings (SSSR count). The zero-order valence-corrected chi connectivity index (χ0v) is 12.6. The van der Waals surface area contributed by atoms with Gasteiger partial charge in [0.2, 0.25) is 10.0 Å². The van der Waals surface area contributed by atoms with Crippen LogP contribution in [0.5, 0.6) is 0 Å². The van der Waals surface area contributed by atoms with Crippen LogP contribution in [0.2, 0.25) is 0 Å². The Kier molecular flexibility index (Phi) is 3.66. The minimum Gasteiger partial charge on any atom is -0.220 e. The van der Waals surface area contributed by atoms with Gasteiger partial charge in [-0.1, -0.05) is 11.3 Å². The van der Waals surface area contributed by atoms with Gasteiger partial charge in [-0.05, 0) is 22.9 Å². The highest BCUT2D eigenvalue weighted by Gasteiger charge is 2.15. The molecular formula is C11H10N4O2S3. The summed E-state index contributed by atoms with van der Waals surface area (Å²) in [6.07, 6.45) is 1.71. The average molecular weight is 326 g/mol. The molecule has 0 unspecified atom stereocenters. The Balaban J connectivity index is 1.71. The van der Waals surface area contributed by atoms with E-state index in [0.717, 1.165) is 5.69 Å². The van der Waals surface area contributed by atoms with Crippen molar-refractivity contribution in [2.24, 2.45) is 0 Å². The molecule has 9 heteroatoms. The highest BCUT2D eigenvalue weighted by Crippen LogP contribution is 2.16. The maximum absolute atomic E-state index is 11.9. The molecule has 0 saturated carbocycles. The fourth-order valence-corrected chi connectivity index (χ4v) is 4.21. The predicted molar refractivity (Wildman–Crippen MR) is 77.6 cm³/mol. The number of thiophene rings is 2. The SMILES string of the molecule is O=S(=O)(NCc1cn(-c2ccsc2)nn1)c1cccs1. The maximum Gasteiger partial charge on any atom is 0.250 e. The Bertz CT molecular complexity index is 776. The van der Waals surface area contributed by atoms with Crippen LogP contribution >= 0.6 is 22.7 Å². The molecule has 1 N–H and O–H groups in total. The first kappa shape index (κ1) is 13.4. The lowest BCUT2D eigenvalue weighted by atomic mass is 10.5. The molecule has 0 radical (unpaired) electrons. The summed E-state index contributed by atoms with van der Waals surface area (Å²) < 4.78 is 28.3. The van der Waals surface area contributed by atoms with E-state index in [1.807, 2.05) is 16.8 Å². The zero-order valence-electron chi connectivity index (χ0n) is 10.1. The lowest BCUT2D eigenvalue weighted by molar-refractivity contribution is 0.582. The van der Waals surface area contributed by atoms with Crippen LogP contribution in [0.4, 0.5) is 0 Å². The fourth-order valence-electron chi connectivity index (χ4n) is 1.55. The van der Waals surface area contributed by atoms with E-state index in [0.29, 0.717) is 9.90 Å². The molecule has 3 heterocycles. The molecule has 0 spiro atoms. The van der Waals surface area contributed by atoms with Crippen molar-refractivity contribution < 1.29 is 8.42 Å². The predicted octanol–water partition coefficient (Wildman–Crippen LogP) is 1.87. The molecule has 6 nitrogen and oxygen atoms in total. The fraction of sp³-hybridized carbons (Fsp3) is 0.0909. The highest BCUT2D eigenvalue weighted by molar-refractivity contribution is 7.91. The Hall–Kier alpha value is -1.55. The Morgan fingerprint density at radius 2 is 2.20 bits per heavy atom. The van der Waals surface area contributed by atoms with Crippen LogP contribution in [0.15, 0.2) is 44.7 Å². The van der Waals surface area contributed by atoms with E-state index < -0.39 is 10.0 Å². The molecule has 0 aromatic carbocycles. The van der Waals surface area contributed by atoms with Crippen LogP contribution in [0, 0.1) is 0 Å². The minimum absolute atomic E-state index is 0.115. The van der Waals surface area contributed by atoms with Gasteiger partial charge in [0, 0.05) is 5.38 Å². The summed E-state index contributed by atoms with van der Waals surface area (Å²) in [4.78, 5) is 0. The largest absolute Gasteiger partial charge is 0.250 e. The molecule has 0 fully saturated rings. The van der Waals surface area contributed by atoms with Gasteiger partial charge in [0.25, 0.3) is 0 Å². The molecule has 0 atom stereocenters. The van der Waals surface area contributed by atoms with Gasteiger partial charge in [0.05, 0.1) is 24.1 Å². The second-order valence-electron chi connectivity index (χ2n) is 3.89. The quantitative estimate of drug-likeness (QED) is 0.776. The molecule has 104 valence electrons. The van der Waals surface area contributed by atoms with E-state index in [4.69, 9.17) is 0 Å². The van der Waals surface area contributed by atoms with Gasteiger partial charge in [0.1, 0.15) is 4.21 Å². The standard InChI is InChI=1S/C11H10N4O2S3/c16-20(17,11-2-1-4-19-11)12-6-9-7-15(14-13-9)10-3-5-18-8-10/h1-5,7-8,12H,6H2. The third-order valence-corrected chi connectivity index (χ3v) is 5.98. The van der Waals surface area contributed by atoms with E-state index in [1.165, 1.54) is 11.3 Å². The molecule has 20 heavy (non-hydrogen) atoms. The summed E-state index contributed by atoms with van der Waals surface area (Å²) >= 11 is 2.74. The van der Waals surface area contributed by atoms with Crippen molar-refractivity contribution in [3.8, 4) is 5.69 Å². The van der Waals surface area contributed by atoms with Gasteiger partial charge in [0.15, 0.2) is 0 Å². The van der Waals surface area contributed by atoms with E-state index in [-0.39, 0.29) is 6.54 Å². The number of sulfonamides is 1. The summed E-state index contributed by atoms with van der Waals surface area (Å²) in [7, 11) is -3.47. The van der Waals surface area contributed by atoms with Crippen molar-refractivity contribution in [2.75, 3.05) is 0 Å². The van der Waals surface area contributed by atoms with E-state index >= 15 is 0 Å². The summed E-state index contributed by atoms with van der Waals surface area (Å²) in [5.41, 5.74) is 1.48. The Morgan fingerprint density at radius 1 is 1.30 bits per heavy atom. The summed E-state index contributed by atoms with van der Waals surface area (Å²) in [6.45, 7) is 0.115. The molecule has 0 saturated heterocycles. The number of nitrogens with zero attached hydrogens (tertiary/aromatic N) is 3. The van der Waals surface area contributed by atoms with Crippen molar-refractivity contribution in [2.45, 2.75) is 10.8 Å². The van der Waals surface area contributed by atoms with E-state index in [9.17, 15) is 8.42 Å². The lowest BCUT2D eigenvalue weighted by Gasteiger charge is -2.01. The number of aromatic nitrogens is 3. The third kappa shape index (κ3) is 2.80. The highest BCUT2D eigenvalue weighted by atomic mass is 32.2. The van der Waals surface area contributed by atoms with Crippen LogP contribution < -0.4 is 4.72 Å². The second kappa shape index (κ2) is 5.44. The van der Waals surface area contributed by atoms with Gasteiger partial charge >= 0.3 is 0 Å². The zero-order chi connectivity index (χ0) is 14.0. The molecule has 0 aliphatic heterocycles. The number of hydrogen-bond acceptors (Lipinski definition) is 6. The first-order chi connectivity index (χ1) is 9.65. The van der Waals surface area contributed by atoms with Crippen molar-refractivity contribution in [3.05, 3.63) is 46.2 Å². The summed E-state index contributed by atoms with van der Waals surface area (Å²) in [6, 6.07) is 5.18. The van der Waals surface area contributed by atoms with Crippen LogP contribution in [0.3, 0.4) is 0 Å². The van der Waals surface area contributed by atoms with Crippen molar-refractivity contribution in [1.82, 2.24) is 19.7 Å². The van der Waals surface area contributed by atoms with Gasteiger partial charge in [-0.2, -0.15) is 11.3 Å². The molecular weight excluding hydrogens is 316 g/mol. The van der Waals surface area contributed by atoms with Gasteiger partial charge in [-0.25, -0.2) is 17.8 Å². The molecule has 0 aliphatic rings. The number of nitrogens with one attached hydrogen (secondary N) is 1. The van der Waals surface area contributed by atoms with Crippen molar-refractivity contribution >= 4 is 32.7 Å². The second-order valence-corrected chi connectivity index (χ2v) is 7.61. The van der Waals surface area contributed by atoms with Crippen LogP contribution in [0.1, 0.15) is 5.69 Å².